The van der Waals surface area contributed by atoms with Gasteiger partial charge in [0.25, 0.3) is 11.5 Å². The van der Waals surface area contributed by atoms with Gasteiger partial charge in [-0.1, -0.05) is 18.2 Å². The fourth-order valence-corrected chi connectivity index (χ4v) is 3.82. The van der Waals surface area contributed by atoms with Crippen LogP contribution in [0.5, 0.6) is 0 Å². The maximum absolute atomic E-state index is 13.8. The summed E-state index contributed by atoms with van der Waals surface area (Å²) >= 11 is 1.03. The van der Waals surface area contributed by atoms with Gasteiger partial charge in [0.1, 0.15) is 5.69 Å². The molecule has 0 fully saturated rings. The Hall–Kier alpha value is -3.67. The molecule has 3 N–H and O–H groups in total. The minimum Gasteiger partial charge on any atom is -0.399 e. The first kappa shape index (κ1) is 24.5. The van der Waals surface area contributed by atoms with Crippen molar-refractivity contribution in [2.75, 3.05) is 5.73 Å². The molecule has 2 aromatic carbocycles. The number of hydrogen-bond acceptors (Lipinski definition) is 5. The van der Waals surface area contributed by atoms with E-state index in [1.807, 2.05) is 18.2 Å². The first-order valence-electron chi connectivity index (χ1n) is 10.5. The van der Waals surface area contributed by atoms with E-state index in [-0.39, 0.29) is 16.9 Å². The molecule has 0 aliphatic heterocycles. The van der Waals surface area contributed by atoms with E-state index in [0.29, 0.717) is 11.3 Å². The van der Waals surface area contributed by atoms with E-state index in [9.17, 15) is 18.4 Å². The highest BCUT2D eigenvalue weighted by Crippen LogP contribution is 2.37. The molecular formula is C25H20F2IN5O2. The van der Waals surface area contributed by atoms with Crippen LogP contribution < -0.4 is 16.6 Å². The highest BCUT2D eigenvalue weighted by Gasteiger charge is 2.28. The number of rotatable bonds is 6. The van der Waals surface area contributed by atoms with Gasteiger partial charge in [0.15, 0.2) is 0 Å². The van der Waals surface area contributed by atoms with Gasteiger partial charge in [-0.3, -0.25) is 14.6 Å². The molecule has 7 nitrogen and oxygen atoms in total. The van der Waals surface area contributed by atoms with E-state index in [0.717, 1.165) is 38.4 Å². The van der Waals surface area contributed by atoms with E-state index >= 15 is 0 Å². The van der Waals surface area contributed by atoms with Gasteiger partial charge >= 0.3 is 3.93 Å². The number of carbonyl (C=O) groups excluding carboxylic acids is 1. The highest BCUT2D eigenvalue weighted by atomic mass is 127. The molecule has 178 valence electrons. The van der Waals surface area contributed by atoms with Crippen LogP contribution in [-0.4, -0.2) is 20.7 Å². The van der Waals surface area contributed by atoms with Crippen molar-refractivity contribution in [3.05, 3.63) is 106 Å². The molecule has 4 aromatic rings. The number of nitrogens with zero attached hydrogens (tertiary/aromatic N) is 3. The smallest absolute Gasteiger partial charge is 0.321 e. The third-order valence-electron chi connectivity index (χ3n) is 5.27. The SMILES string of the molecule is C[C@@H](NC(=O)c1ccc(=O)n(-c2cccc(-c3cccnc3)c2)n1)c1cc(N)cc(C(F)(F)I)c1. The van der Waals surface area contributed by atoms with Gasteiger partial charge in [-0.2, -0.15) is 18.6 Å². The molecule has 2 aromatic heterocycles. The molecule has 35 heavy (non-hydrogen) atoms. The average molecular weight is 587 g/mol. The molecule has 1 atom stereocenters. The fraction of sp³-hybridized carbons (Fsp3) is 0.120. The van der Waals surface area contributed by atoms with Crippen LogP contribution in [0, 0.1) is 0 Å². The fourth-order valence-electron chi connectivity index (χ4n) is 3.51. The minimum atomic E-state index is -3.10. The summed E-state index contributed by atoms with van der Waals surface area (Å²) in [6.07, 6.45) is 3.37. The summed E-state index contributed by atoms with van der Waals surface area (Å²) in [5, 5.41) is 6.95. The number of alkyl halides is 3. The van der Waals surface area contributed by atoms with Crippen molar-refractivity contribution in [2.24, 2.45) is 0 Å². The van der Waals surface area contributed by atoms with Crippen LogP contribution in [0.3, 0.4) is 0 Å². The molecule has 0 aliphatic rings. The Kier molecular flexibility index (Phi) is 6.92. The summed E-state index contributed by atoms with van der Waals surface area (Å²) in [4.78, 5) is 29.5. The number of aromatic nitrogens is 3. The monoisotopic (exact) mass is 587 g/mol. The van der Waals surface area contributed by atoms with Gasteiger partial charge in [-0.25, -0.2) is 0 Å². The number of nitrogen functional groups attached to an aromatic ring is 1. The lowest BCUT2D eigenvalue weighted by atomic mass is 10.0. The van der Waals surface area contributed by atoms with E-state index in [1.165, 1.54) is 30.3 Å². The number of benzene rings is 2. The zero-order valence-corrected chi connectivity index (χ0v) is 20.6. The maximum Gasteiger partial charge on any atom is 0.321 e. The van der Waals surface area contributed by atoms with Crippen LogP contribution in [-0.2, 0) is 3.93 Å². The molecule has 0 radical (unpaired) electrons. The first-order chi connectivity index (χ1) is 16.6. The van der Waals surface area contributed by atoms with E-state index < -0.39 is 21.4 Å². The van der Waals surface area contributed by atoms with Crippen LogP contribution in [0.15, 0.2) is 83.9 Å². The van der Waals surface area contributed by atoms with E-state index in [1.54, 1.807) is 37.5 Å². The van der Waals surface area contributed by atoms with Gasteiger partial charge in [-0.05, 0) is 60.5 Å². The number of carbonyl (C=O) groups is 1. The number of pyridine rings is 1. The van der Waals surface area contributed by atoms with Crippen molar-refractivity contribution >= 4 is 34.2 Å². The molecule has 4 rings (SSSR count). The Morgan fingerprint density at radius 1 is 1.09 bits per heavy atom. The van der Waals surface area contributed by atoms with Crippen molar-refractivity contribution < 1.29 is 13.6 Å². The predicted molar refractivity (Wildman–Crippen MR) is 138 cm³/mol. The van der Waals surface area contributed by atoms with Crippen LogP contribution in [0.2, 0.25) is 0 Å². The van der Waals surface area contributed by atoms with Crippen LogP contribution in [0.1, 0.15) is 34.6 Å². The Labute approximate surface area is 213 Å². The highest BCUT2D eigenvalue weighted by molar-refractivity contribution is 14.1. The topological polar surface area (TPSA) is 103 Å². The second kappa shape index (κ2) is 9.90. The zero-order valence-electron chi connectivity index (χ0n) is 18.5. The van der Waals surface area contributed by atoms with Crippen LogP contribution in [0.25, 0.3) is 16.8 Å². The maximum atomic E-state index is 13.8. The normalized spacial score (nSPS) is 12.2. The largest absolute Gasteiger partial charge is 0.399 e. The van der Waals surface area contributed by atoms with Gasteiger partial charge in [0.05, 0.1) is 11.7 Å². The molecule has 0 saturated heterocycles. The summed E-state index contributed by atoms with van der Waals surface area (Å²) in [5.41, 5.74) is 7.86. The lowest BCUT2D eigenvalue weighted by molar-refractivity contribution is 0.0933. The van der Waals surface area contributed by atoms with Crippen LogP contribution >= 0.6 is 22.6 Å². The molecule has 1 amide bonds. The summed E-state index contributed by atoms with van der Waals surface area (Å²) in [6.45, 7) is 1.65. The summed E-state index contributed by atoms with van der Waals surface area (Å²) in [6, 6.07) is 16.8. The lowest BCUT2D eigenvalue weighted by Gasteiger charge is -2.18. The molecule has 10 heteroatoms. The van der Waals surface area contributed by atoms with Gasteiger partial charge < -0.3 is 11.1 Å². The molecule has 0 bridgehead atoms. The number of nitrogens with two attached hydrogens (primary N) is 1. The van der Waals surface area contributed by atoms with Gasteiger partial charge in [0.2, 0.25) is 0 Å². The predicted octanol–water partition coefficient (Wildman–Crippen LogP) is 4.85. The summed E-state index contributed by atoms with van der Waals surface area (Å²) < 4.78 is 25.6. The van der Waals surface area contributed by atoms with Gasteiger partial charge in [0, 0.05) is 57.9 Å². The third-order valence-corrected chi connectivity index (χ3v) is 5.89. The standard InChI is InChI=1S/C25H20F2IN5O2/c1-15(18-10-19(25(26,27)28)13-20(29)11-18)31-24(35)22-7-8-23(34)33(32-22)21-6-2-4-16(12-21)17-5-3-9-30-14-17/h2-15H,29H2,1H3,(H,31,35)/t15-/m1/s1. The summed E-state index contributed by atoms with van der Waals surface area (Å²) in [5.74, 6) is -0.570. The second-order valence-electron chi connectivity index (χ2n) is 7.84. The Morgan fingerprint density at radius 2 is 1.86 bits per heavy atom. The first-order valence-corrected chi connectivity index (χ1v) is 11.6. The van der Waals surface area contributed by atoms with Crippen molar-refractivity contribution in [1.29, 1.82) is 0 Å². The van der Waals surface area contributed by atoms with Crippen molar-refractivity contribution in [1.82, 2.24) is 20.1 Å². The van der Waals surface area contributed by atoms with E-state index in [4.69, 9.17) is 5.73 Å². The van der Waals surface area contributed by atoms with Crippen molar-refractivity contribution in [3.63, 3.8) is 0 Å². The molecular weight excluding hydrogens is 567 g/mol. The van der Waals surface area contributed by atoms with E-state index in [2.05, 4.69) is 15.4 Å². The Balaban J connectivity index is 1.61. The summed E-state index contributed by atoms with van der Waals surface area (Å²) in [7, 11) is 0. The van der Waals surface area contributed by atoms with Crippen LogP contribution in [0.4, 0.5) is 14.5 Å². The minimum absolute atomic E-state index is 0.00780. The molecule has 0 unspecified atom stereocenters. The number of anilines is 1. The molecule has 0 aliphatic carbocycles. The lowest BCUT2D eigenvalue weighted by Crippen LogP contribution is -2.30. The Morgan fingerprint density at radius 3 is 2.57 bits per heavy atom. The Bertz CT molecular complexity index is 1440. The number of nitrogens with one attached hydrogen (secondary N) is 1. The van der Waals surface area contributed by atoms with Crippen molar-refractivity contribution in [2.45, 2.75) is 16.9 Å². The molecule has 2 heterocycles. The molecule has 0 spiro atoms. The number of hydrogen-bond donors (Lipinski definition) is 2. The second-order valence-corrected chi connectivity index (χ2v) is 9.20. The zero-order chi connectivity index (χ0) is 25.2. The molecule has 0 saturated carbocycles. The third kappa shape index (κ3) is 5.70. The van der Waals surface area contributed by atoms with Crippen molar-refractivity contribution in [3.8, 4) is 16.8 Å². The van der Waals surface area contributed by atoms with Gasteiger partial charge in [-0.15, -0.1) is 0 Å². The number of amides is 1. The quantitative estimate of drug-likeness (QED) is 0.191. The number of halogens is 3. The average Bonchev–Trinajstić information content (AvgIpc) is 2.84.